The normalized spacial score (nSPS) is 18.3. The molecule has 0 spiro atoms. The summed E-state index contributed by atoms with van der Waals surface area (Å²) in [5, 5.41) is 3.09. The van der Waals surface area contributed by atoms with Gasteiger partial charge in [0, 0.05) is 18.2 Å². The number of nitrogens with one attached hydrogen (secondary N) is 1. The number of rotatable bonds is 4. The Morgan fingerprint density at radius 2 is 1.89 bits per heavy atom. The summed E-state index contributed by atoms with van der Waals surface area (Å²) >= 11 is 0. The highest BCUT2D eigenvalue weighted by molar-refractivity contribution is 5.94. The van der Waals surface area contributed by atoms with Gasteiger partial charge in [0.1, 0.15) is 0 Å². The third-order valence-corrected chi connectivity index (χ3v) is 3.83. The molecule has 18 heavy (non-hydrogen) atoms. The Hall–Kier alpha value is -1.35. The van der Waals surface area contributed by atoms with Crippen LogP contribution in [0.15, 0.2) is 30.3 Å². The molecule has 2 rings (SSSR count). The SMILES string of the molecule is NCC(NC(=O)c1ccccc1)C1CCCCC1. The zero-order valence-corrected chi connectivity index (χ0v) is 10.8. The van der Waals surface area contributed by atoms with Crippen molar-refractivity contribution in [2.75, 3.05) is 6.54 Å². The van der Waals surface area contributed by atoms with Crippen LogP contribution in [0, 0.1) is 5.92 Å². The molecule has 1 aliphatic rings. The second-order valence-electron chi connectivity index (χ2n) is 5.08. The molecule has 1 fully saturated rings. The smallest absolute Gasteiger partial charge is 0.251 e. The predicted octanol–water partition coefficient (Wildman–Crippen LogP) is 2.32. The second kappa shape index (κ2) is 6.55. The van der Waals surface area contributed by atoms with Crippen molar-refractivity contribution in [3.8, 4) is 0 Å². The molecular weight excluding hydrogens is 224 g/mol. The first kappa shape index (κ1) is 13.1. The van der Waals surface area contributed by atoms with Gasteiger partial charge in [-0.1, -0.05) is 37.5 Å². The van der Waals surface area contributed by atoms with Crippen LogP contribution < -0.4 is 11.1 Å². The minimum absolute atomic E-state index is 0.00313. The predicted molar refractivity (Wildman–Crippen MR) is 73.3 cm³/mol. The highest BCUT2D eigenvalue weighted by Crippen LogP contribution is 2.26. The van der Waals surface area contributed by atoms with Gasteiger partial charge in [0.2, 0.25) is 0 Å². The third-order valence-electron chi connectivity index (χ3n) is 3.83. The van der Waals surface area contributed by atoms with E-state index in [4.69, 9.17) is 5.73 Å². The van der Waals surface area contributed by atoms with E-state index in [0.29, 0.717) is 18.0 Å². The summed E-state index contributed by atoms with van der Waals surface area (Å²) in [7, 11) is 0. The van der Waals surface area contributed by atoms with Crippen LogP contribution in [0.25, 0.3) is 0 Å². The number of hydrogen-bond acceptors (Lipinski definition) is 2. The van der Waals surface area contributed by atoms with Crippen molar-refractivity contribution >= 4 is 5.91 Å². The lowest BCUT2D eigenvalue weighted by Gasteiger charge is -2.30. The van der Waals surface area contributed by atoms with E-state index in [2.05, 4.69) is 5.32 Å². The Morgan fingerprint density at radius 1 is 1.22 bits per heavy atom. The van der Waals surface area contributed by atoms with Gasteiger partial charge in [-0.2, -0.15) is 0 Å². The summed E-state index contributed by atoms with van der Waals surface area (Å²) in [6, 6.07) is 9.48. The van der Waals surface area contributed by atoms with E-state index in [1.165, 1.54) is 32.1 Å². The first-order valence-corrected chi connectivity index (χ1v) is 6.87. The molecule has 1 unspecified atom stereocenters. The minimum atomic E-state index is -0.00313. The Bertz CT molecular complexity index is 371. The highest BCUT2D eigenvalue weighted by atomic mass is 16.1. The molecule has 3 N–H and O–H groups in total. The van der Waals surface area contributed by atoms with E-state index in [0.717, 1.165) is 0 Å². The second-order valence-corrected chi connectivity index (χ2v) is 5.08. The van der Waals surface area contributed by atoms with Gasteiger partial charge in [-0.25, -0.2) is 0 Å². The van der Waals surface area contributed by atoms with Crippen molar-refractivity contribution in [1.29, 1.82) is 0 Å². The monoisotopic (exact) mass is 246 g/mol. The fourth-order valence-electron chi connectivity index (χ4n) is 2.75. The average Bonchev–Trinajstić information content (AvgIpc) is 2.46. The van der Waals surface area contributed by atoms with Crippen LogP contribution in [0.5, 0.6) is 0 Å². The summed E-state index contributed by atoms with van der Waals surface area (Å²) in [6.45, 7) is 0.531. The number of carbonyl (C=O) groups excluding carboxylic acids is 1. The standard InChI is InChI=1S/C15H22N2O/c16-11-14(12-7-3-1-4-8-12)17-15(18)13-9-5-2-6-10-13/h2,5-6,9-10,12,14H,1,3-4,7-8,11,16H2,(H,17,18). The topological polar surface area (TPSA) is 55.1 Å². The van der Waals surface area contributed by atoms with Gasteiger partial charge in [0.15, 0.2) is 0 Å². The summed E-state index contributed by atoms with van der Waals surface area (Å²) in [5.41, 5.74) is 6.53. The average molecular weight is 246 g/mol. The van der Waals surface area contributed by atoms with Crippen LogP contribution >= 0.6 is 0 Å². The lowest BCUT2D eigenvalue weighted by Crippen LogP contribution is -2.45. The summed E-state index contributed by atoms with van der Waals surface area (Å²) in [4.78, 5) is 12.1. The van der Waals surface area contributed by atoms with Crippen molar-refractivity contribution in [3.63, 3.8) is 0 Å². The molecule has 0 aliphatic heterocycles. The molecular formula is C15H22N2O. The molecule has 98 valence electrons. The molecule has 1 aliphatic carbocycles. The Kier molecular flexibility index (Phi) is 4.76. The van der Waals surface area contributed by atoms with E-state index in [1.807, 2.05) is 30.3 Å². The van der Waals surface area contributed by atoms with Gasteiger partial charge < -0.3 is 11.1 Å². The molecule has 1 amide bonds. The lowest BCUT2D eigenvalue weighted by molar-refractivity contribution is 0.0915. The molecule has 1 saturated carbocycles. The molecule has 0 saturated heterocycles. The fraction of sp³-hybridized carbons (Fsp3) is 0.533. The maximum absolute atomic E-state index is 12.1. The van der Waals surface area contributed by atoms with Crippen molar-refractivity contribution in [1.82, 2.24) is 5.32 Å². The largest absolute Gasteiger partial charge is 0.348 e. The first-order chi connectivity index (χ1) is 8.81. The molecule has 0 bridgehead atoms. The van der Waals surface area contributed by atoms with Gasteiger partial charge in [-0.15, -0.1) is 0 Å². The zero-order chi connectivity index (χ0) is 12.8. The quantitative estimate of drug-likeness (QED) is 0.856. The van der Waals surface area contributed by atoms with Gasteiger partial charge in [0.05, 0.1) is 0 Å². The van der Waals surface area contributed by atoms with Crippen molar-refractivity contribution in [2.24, 2.45) is 11.7 Å². The van der Waals surface area contributed by atoms with E-state index in [9.17, 15) is 4.79 Å². The minimum Gasteiger partial charge on any atom is -0.348 e. The molecule has 0 aromatic heterocycles. The number of amides is 1. The van der Waals surface area contributed by atoms with E-state index < -0.39 is 0 Å². The zero-order valence-electron chi connectivity index (χ0n) is 10.8. The Balaban J connectivity index is 1.95. The van der Waals surface area contributed by atoms with Crippen LogP contribution in [0.1, 0.15) is 42.5 Å². The van der Waals surface area contributed by atoms with Gasteiger partial charge in [-0.05, 0) is 30.9 Å². The third kappa shape index (κ3) is 3.33. The molecule has 3 nitrogen and oxygen atoms in total. The van der Waals surface area contributed by atoms with Crippen LogP contribution in [-0.4, -0.2) is 18.5 Å². The summed E-state index contributed by atoms with van der Waals surface area (Å²) in [6.07, 6.45) is 6.24. The van der Waals surface area contributed by atoms with Gasteiger partial charge >= 0.3 is 0 Å². The maximum Gasteiger partial charge on any atom is 0.251 e. The van der Waals surface area contributed by atoms with Crippen molar-refractivity contribution in [3.05, 3.63) is 35.9 Å². The van der Waals surface area contributed by atoms with Crippen molar-refractivity contribution < 1.29 is 4.79 Å². The van der Waals surface area contributed by atoms with E-state index in [-0.39, 0.29) is 11.9 Å². The fourth-order valence-corrected chi connectivity index (χ4v) is 2.75. The van der Waals surface area contributed by atoms with Crippen LogP contribution in [-0.2, 0) is 0 Å². The molecule has 1 aromatic rings. The van der Waals surface area contributed by atoms with Crippen LogP contribution in [0.2, 0.25) is 0 Å². The summed E-state index contributed by atoms with van der Waals surface area (Å²) in [5.74, 6) is 0.549. The van der Waals surface area contributed by atoms with E-state index in [1.54, 1.807) is 0 Å². The van der Waals surface area contributed by atoms with Crippen molar-refractivity contribution in [2.45, 2.75) is 38.1 Å². The number of carbonyl (C=O) groups is 1. The molecule has 1 atom stereocenters. The van der Waals surface area contributed by atoms with Crippen LogP contribution in [0.4, 0.5) is 0 Å². The van der Waals surface area contributed by atoms with E-state index >= 15 is 0 Å². The number of benzene rings is 1. The summed E-state index contributed by atoms with van der Waals surface area (Å²) < 4.78 is 0. The van der Waals surface area contributed by atoms with Gasteiger partial charge in [-0.3, -0.25) is 4.79 Å². The first-order valence-electron chi connectivity index (χ1n) is 6.87. The Morgan fingerprint density at radius 3 is 2.50 bits per heavy atom. The van der Waals surface area contributed by atoms with Crippen LogP contribution in [0.3, 0.4) is 0 Å². The molecule has 0 radical (unpaired) electrons. The highest BCUT2D eigenvalue weighted by Gasteiger charge is 2.24. The number of hydrogen-bond donors (Lipinski definition) is 2. The molecule has 0 heterocycles. The molecule has 3 heteroatoms. The molecule has 1 aromatic carbocycles. The van der Waals surface area contributed by atoms with Gasteiger partial charge in [0.25, 0.3) is 5.91 Å². The number of nitrogens with two attached hydrogens (primary N) is 1. The lowest BCUT2D eigenvalue weighted by atomic mass is 9.84. The maximum atomic E-state index is 12.1. The Labute approximate surface area is 109 Å².